The van der Waals surface area contributed by atoms with Crippen molar-refractivity contribution in [2.45, 2.75) is 5.60 Å². The van der Waals surface area contributed by atoms with Crippen LogP contribution in [-0.2, 0) is 24.7 Å². The van der Waals surface area contributed by atoms with E-state index in [1.165, 1.54) is 18.3 Å². The predicted octanol–water partition coefficient (Wildman–Crippen LogP) is 1.36. The number of carbonyl (C=O) groups excluding carboxylic acids is 3. The van der Waals surface area contributed by atoms with Crippen molar-refractivity contribution in [3.8, 4) is 5.75 Å². The van der Waals surface area contributed by atoms with Crippen molar-refractivity contribution in [1.82, 2.24) is 5.32 Å². The zero-order chi connectivity index (χ0) is 19.7. The number of carbonyl (C=O) groups is 3. The summed E-state index contributed by atoms with van der Waals surface area (Å²) in [5, 5.41) is 5.79. The molecule has 8 nitrogen and oxygen atoms in total. The number of esters is 1. The summed E-state index contributed by atoms with van der Waals surface area (Å²) in [7, 11) is 1.15. The molecule has 0 saturated carbocycles. The van der Waals surface area contributed by atoms with E-state index in [0.29, 0.717) is 11.8 Å². The van der Waals surface area contributed by atoms with E-state index < -0.39 is 17.5 Å². The Morgan fingerprint density at radius 3 is 2.32 bits per heavy atom. The van der Waals surface area contributed by atoms with Crippen LogP contribution in [0.3, 0.4) is 0 Å². The van der Waals surface area contributed by atoms with Gasteiger partial charge in [0.15, 0.2) is 0 Å². The second-order valence-corrected chi connectivity index (χ2v) is 5.36. The molecule has 148 valence electrons. The second kappa shape index (κ2) is 11.0. The van der Waals surface area contributed by atoms with Crippen LogP contribution in [0.4, 0.5) is 0 Å². The van der Waals surface area contributed by atoms with Crippen molar-refractivity contribution in [2.75, 3.05) is 13.7 Å². The van der Waals surface area contributed by atoms with Crippen LogP contribution in [0.15, 0.2) is 59.7 Å². The van der Waals surface area contributed by atoms with Crippen LogP contribution in [-0.4, -0.2) is 38.0 Å². The first-order chi connectivity index (χ1) is 13.1. The highest BCUT2D eigenvalue weighted by molar-refractivity contribution is 14.0. The van der Waals surface area contributed by atoms with E-state index in [1.54, 1.807) is 42.5 Å². The monoisotopic (exact) mass is 497 g/mol. The number of halogens is 1. The highest BCUT2D eigenvalue weighted by Gasteiger charge is 2.52. The fraction of sp³-hybridized carbons (Fsp3) is 0.158. The number of rotatable bonds is 8. The quantitative estimate of drug-likeness (QED) is 0.108. The van der Waals surface area contributed by atoms with Crippen LogP contribution in [0.2, 0.25) is 0 Å². The minimum atomic E-state index is -2.14. The number of hydrogen-bond donors (Lipinski definition) is 2. The van der Waals surface area contributed by atoms with Gasteiger partial charge in [0.1, 0.15) is 12.0 Å². The van der Waals surface area contributed by atoms with Crippen molar-refractivity contribution in [3.05, 3.63) is 65.7 Å². The molecule has 0 aromatic heterocycles. The summed E-state index contributed by atoms with van der Waals surface area (Å²) in [6, 6.07) is 14.6. The number of nitrogens with zero attached hydrogens (tertiary/aromatic N) is 1. The summed E-state index contributed by atoms with van der Waals surface area (Å²) < 4.78 is 10.7. The smallest absolute Gasteiger partial charge is 0.365 e. The van der Waals surface area contributed by atoms with E-state index in [2.05, 4.69) is 10.4 Å². The van der Waals surface area contributed by atoms with Gasteiger partial charge in [-0.05, 0) is 17.7 Å². The van der Waals surface area contributed by atoms with Gasteiger partial charge < -0.3 is 25.4 Å². The molecule has 28 heavy (non-hydrogen) atoms. The van der Waals surface area contributed by atoms with E-state index in [1.807, 2.05) is 0 Å². The lowest BCUT2D eigenvalue weighted by Crippen LogP contribution is -2.55. The molecule has 2 aromatic rings. The molecular formula is C19H20IN3O5. The Kier molecular flexibility index (Phi) is 9.09. The standard InChI is InChI=1S/C19H19N3O5.HI/c1-26-18(25)19(17(24)21-11-12-23,27-16-5-3-2-4-6-16)15-9-7-14(8-10-15)13-22-20;/h2-10,12-13H,11,20H2,1H3,(H,21,24);1H. The number of aldehydes is 1. The zero-order valence-corrected chi connectivity index (χ0v) is 17.4. The lowest BCUT2D eigenvalue weighted by molar-refractivity contribution is -0.167. The Hall–Kier alpha value is -2.95. The summed E-state index contributed by atoms with van der Waals surface area (Å²) in [6.07, 6.45) is 1.91. The van der Waals surface area contributed by atoms with Crippen molar-refractivity contribution in [1.29, 1.82) is 0 Å². The molecule has 0 radical (unpaired) electrons. The average Bonchev–Trinajstić information content (AvgIpc) is 2.71. The normalized spacial score (nSPS) is 12.3. The van der Waals surface area contributed by atoms with E-state index >= 15 is 0 Å². The van der Waals surface area contributed by atoms with Crippen LogP contribution >= 0.6 is 24.0 Å². The maximum Gasteiger partial charge on any atom is 0.365 e. The van der Waals surface area contributed by atoms with Crippen LogP contribution in [0.5, 0.6) is 5.75 Å². The summed E-state index contributed by atoms with van der Waals surface area (Å²) in [4.78, 5) is 36.3. The zero-order valence-electron chi connectivity index (χ0n) is 15.0. The van der Waals surface area contributed by atoms with Crippen molar-refractivity contribution in [3.63, 3.8) is 0 Å². The molecule has 0 heterocycles. The minimum absolute atomic E-state index is 0. The number of benzene rings is 2. The molecule has 0 fully saturated rings. The SMILES string of the molecule is COC(=O)C(Oc1ccccc1)(C(=O)NCC=O)c1ccc(C=NN)cc1.I. The van der Waals surface area contributed by atoms with E-state index in [-0.39, 0.29) is 41.8 Å². The molecular weight excluding hydrogens is 477 g/mol. The van der Waals surface area contributed by atoms with E-state index in [4.69, 9.17) is 15.3 Å². The molecule has 0 aliphatic carbocycles. The van der Waals surface area contributed by atoms with E-state index in [0.717, 1.165) is 7.11 Å². The van der Waals surface area contributed by atoms with Crippen LogP contribution in [0.25, 0.3) is 0 Å². The number of ether oxygens (including phenoxy) is 2. The Labute approximate surface area is 179 Å². The fourth-order valence-electron chi connectivity index (χ4n) is 2.45. The predicted molar refractivity (Wildman–Crippen MR) is 113 cm³/mol. The van der Waals surface area contributed by atoms with Gasteiger partial charge in [-0.2, -0.15) is 5.10 Å². The summed E-state index contributed by atoms with van der Waals surface area (Å²) in [5.74, 6) is 3.64. The van der Waals surface area contributed by atoms with E-state index in [9.17, 15) is 14.4 Å². The van der Waals surface area contributed by atoms with Gasteiger partial charge in [0, 0.05) is 5.56 Å². The van der Waals surface area contributed by atoms with Gasteiger partial charge in [-0.3, -0.25) is 4.79 Å². The maximum absolute atomic E-state index is 12.9. The third-order valence-electron chi connectivity index (χ3n) is 3.69. The molecule has 1 amide bonds. The average molecular weight is 497 g/mol. The molecule has 0 spiro atoms. The van der Waals surface area contributed by atoms with Crippen molar-refractivity contribution < 1.29 is 23.9 Å². The highest BCUT2D eigenvalue weighted by atomic mass is 127. The van der Waals surface area contributed by atoms with Gasteiger partial charge >= 0.3 is 11.6 Å². The summed E-state index contributed by atoms with van der Waals surface area (Å²) in [6.45, 7) is -0.284. The molecule has 2 aromatic carbocycles. The van der Waals surface area contributed by atoms with Gasteiger partial charge in [-0.25, -0.2) is 4.79 Å². The van der Waals surface area contributed by atoms with Crippen LogP contribution in [0, 0.1) is 0 Å². The number of amides is 1. The molecule has 1 unspecified atom stereocenters. The second-order valence-electron chi connectivity index (χ2n) is 5.36. The first-order valence-electron chi connectivity index (χ1n) is 7.96. The number of hydrazone groups is 1. The van der Waals surface area contributed by atoms with Gasteiger partial charge in [0.2, 0.25) is 0 Å². The molecule has 9 heteroatoms. The van der Waals surface area contributed by atoms with Gasteiger partial charge in [-0.15, -0.1) is 24.0 Å². The Bertz CT molecular complexity index is 827. The third kappa shape index (κ3) is 5.06. The summed E-state index contributed by atoms with van der Waals surface area (Å²) in [5.41, 5.74) is -1.26. The number of nitrogens with one attached hydrogen (secondary N) is 1. The van der Waals surface area contributed by atoms with Crippen molar-refractivity contribution in [2.24, 2.45) is 10.9 Å². The number of methoxy groups -OCH3 is 1. The number of nitrogens with two attached hydrogens (primary N) is 1. The Balaban J connectivity index is 0.00000392. The minimum Gasteiger partial charge on any atom is -0.465 e. The molecule has 0 aliphatic rings. The first kappa shape index (κ1) is 23.1. The van der Waals surface area contributed by atoms with Crippen LogP contribution < -0.4 is 15.9 Å². The molecule has 2 rings (SSSR count). The molecule has 0 aliphatic heterocycles. The first-order valence-corrected chi connectivity index (χ1v) is 7.96. The van der Waals surface area contributed by atoms with Crippen LogP contribution in [0.1, 0.15) is 11.1 Å². The molecule has 0 bridgehead atoms. The maximum atomic E-state index is 12.9. The highest BCUT2D eigenvalue weighted by Crippen LogP contribution is 2.30. The lowest BCUT2D eigenvalue weighted by Gasteiger charge is -2.30. The summed E-state index contributed by atoms with van der Waals surface area (Å²) >= 11 is 0. The number of para-hydroxylation sites is 1. The number of hydrogen-bond acceptors (Lipinski definition) is 7. The topological polar surface area (TPSA) is 120 Å². The lowest BCUT2D eigenvalue weighted by atomic mass is 9.91. The third-order valence-corrected chi connectivity index (χ3v) is 3.69. The molecule has 1 atom stereocenters. The Morgan fingerprint density at radius 2 is 1.79 bits per heavy atom. The fourth-order valence-corrected chi connectivity index (χ4v) is 2.45. The van der Waals surface area contributed by atoms with Gasteiger partial charge in [-0.1, -0.05) is 42.5 Å². The van der Waals surface area contributed by atoms with Gasteiger partial charge in [0.05, 0.1) is 19.9 Å². The van der Waals surface area contributed by atoms with Gasteiger partial charge in [0.25, 0.3) is 5.91 Å². The largest absolute Gasteiger partial charge is 0.465 e. The Morgan fingerprint density at radius 1 is 1.14 bits per heavy atom. The van der Waals surface area contributed by atoms with Crippen molar-refractivity contribution >= 4 is 48.4 Å². The molecule has 0 saturated heterocycles. The molecule has 3 N–H and O–H groups in total.